The molecule has 0 aliphatic carbocycles. The summed E-state index contributed by atoms with van der Waals surface area (Å²) in [6, 6.07) is 19.8. The zero-order chi connectivity index (χ0) is 20.8. The Bertz CT molecular complexity index is 1150. The van der Waals surface area contributed by atoms with E-state index in [1.54, 1.807) is 0 Å². The van der Waals surface area contributed by atoms with Crippen molar-refractivity contribution in [1.82, 2.24) is 10.4 Å². The molecule has 29 heavy (non-hydrogen) atoms. The fourth-order valence-corrected chi connectivity index (χ4v) is 4.21. The fourth-order valence-electron chi connectivity index (χ4n) is 2.78. The van der Waals surface area contributed by atoms with Crippen LogP contribution >= 0.6 is 27.7 Å². The molecule has 0 amide bonds. The molecule has 0 aliphatic heterocycles. The molecule has 146 valence electrons. The second kappa shape index (κ2) is 9.43. The summed E-state index contributed by atoms with van der Waals surface area (Å²) in [4.78, 5) is 15.2. The Morgan fingerprint density at radius 2 is 1.86 bits per heavy atom. The lowest BCUT2D eigenvalue weighted by molar-refractivity contribution is 0.995. The Labute approximate surface area is 179 Å². The van der Waals surface area contributed by atoms with E-state index in [1.807, 2.05) is 54.6 Å². The normalized spacial score (nSPS) is 11.1. The standard InChI is InChI=1S/C20H17BrN6OS/c21-18-17(14-8-4-7-13(9-14)12-5-2-1-3-6-12)15(10-22)20(25-19(18)28)29-11-16(26-23)27-24/h1-9H,11,23-24H2,(H,25,28)(H,26,27). The maximum atomic E-state index is 12.5. The number of aromatic amines is 1. The van der Waals surface area contributed by atoms with Gasteiger partial charge in [-0.1, -0.05) is 60.3 Å². The van der Waals surface area contributed by atoms with Gasteiger partial charge in [0.05, 0.1) is 20.8 Å². The van der Waals surface area contributed by atoms with Crippen molar-refractivity contribution in [3.8, 4) is 28.3 Å². The maximum absolute atomic E-state index is 12.5. The van der Waals surface area contributed by atoms with Crippen LogP contribution in [0.4, 0.5) is 0 Å². The number of halogens is 1. The SMILES string of the molecule is N#Cc1c(SC/C(=N/N)NN)[nH]c(=O)c(Br)c1-c1cccc(-c2ccccc2)c1. The predicted molar refractivity (Wildman–Crippen MR) is 120 cm³/mol. The lowest BCUT2D eigenvalue weighted by atomic mass is 9.97. The third-order valence-electron chi connectivity index (χ3n) is 4.17. The van der Waals surface area contributed by atoms with Gasteiger partial charge in [-0.2, -0.15) is 10.4 Å². The van der Waals surface area contributed by atoms with Gasteiger partial charge in [-0.05, 0) is 38.7 Å². The minimum atomic E-state index is -0.335. The Hall–Kier alpha value is -3.06. The van der Waals surface area contributed by atoms with Gasteiger partial charge < -0.3 is 16.3 Å². The number of hydrazone groups is 1. The van der Waals surface area contributed by atoms with Crippen LogP contribution in [0.5, 0.6) is 0 Å². The molecule has 3 rings (SSSR count). The number of hydrogen-bond donors (Lipinski definition) is 4. The molecule has 0 bridgehead atoms. The summed E-state index contributed by atoms with van der Waals surface area (Å²) >= 11 is 4.56. The lowest BCUT2D eigenvalue weighted by Crippen LogP contribution is -2.33. The first-order valence-electron chi connectivity index (χ1n) is 8.47. The van der Waals surface area contributed by atoms with E-state index in [-0.39, 0.29) is 11.3 Å². The molecular weight excluding hydrogens is 452 g/mol. The summed E-state index contributed by atoms with van der Waals surface area (Å²) in [5.41, 5.74) is 5.71. The first-order valence-corrected chi connectivity index (χ1v) is 10.2. The number of nitrogens with one attached hydrogen (secondary N) is 2. The Morgan fingerprint density at radius 1 is 1.17 bits per heavy atom. The molecule has 0 aliphatic rings. The number of amidine groups is 1. The van der Waals surface area contributed by atoms with Crippen LogP contribution in [0.15, 0.2) is 74.0 Å². The van der Waals surface area contributed by atoms with Crippen molar-refractivity contribution in [2.75, 3.05) is 5.75 Å². The van der Waals surface area contributed by atoms with Gasteiger partial charge in [-0.15, -0.1) is 0 Å². The number of nitrogens with zero attached hydrogens (tertiary/aromatic N) is 2. The van der Waals surface area contributed by atoms with Gasteiger partial charge in [0.2, 0.25) is 0 Å². The predicted octanol–water partition coefficient (Wildman–Crippen LogP) is 3.17. The van der Waals surface area contributed by atoms with E-state index in [0.29, 0.717) is 26.5 Å². The summed E-state index contributed by atoms with van der Waals surface area (Å²) < 4.78 is 0.299. The van der Waals surface area contributed by atoms with Gasteiger partial charge in [-0.25, -0.2) is 5.84 Å². The molecule has 0 saturated heterocycles. The van der Waals surface area contributed by atoms with Gasteiger partial charge in [-0.3, -0.25) is 4.79 Å². The van der Waals surface area contributed by atoms with Crippen molar-refractivity contribution >= 4 is 33.5 Å². The molecule has 9 heteroatoms. The number of pyridine rings is 1. The van der Waals surface area contributed by atoms with Crippen LogP contribution in [0, 0.1) is 11.3 Å². The summed E-state index contributed by atoms with van der Waals surface area (Å²) in [7, 11) is 0. The largest absolute Gasteiger partial charge is 0.322 e. The van der Waals surface area contributed by atoms with Crippen LogP contribution in [-0.2, 0) is 0 Å². The second-order valence-corrected chi connectivity index (χ2v) is 7.69. The van der Waals surface area contributed by atoms with Gasteiger partial charge in [0, 0.05) is 5.56 Å². The third kappa shape index (κ3) is 4.51. The van der Waals surface area contributed by atoms with E-state index in [0.717, 1.165) is 16.7 Å². The van der Waals surface area contributed by atoms with Crippen molar-refractivity contribution in [2.24, 2.45) is 16.8 Å². The maximum Gasteiger partial charge on any atom is 0.263 e. The molecule has 7 nitrogen and oxygen atoms in total. The van der Waals surface area contributed by atoms with Crippen LogP contribution in [-0.4, -0.2) is 16.6 Å². The number of hydrogen-bond acceptors (Lipinski definition) is 6. The van der Waals surface area contributed by atoms with E-state index in [1.165, 1.54) is 11.8 Å². The fraction of sp³-hybridized carbons (Fsp3) is 0.0500. The van der Waals surface area contributed by atoms with E-state index in [9.17, 15) is 10.1 Å². The number of nitriles is 1. The highest BCUT2D eigenvalue weighted by Gasteiger charge is 2.19. The number of rotatable bonds is 5. The highest BCUT2D eigenvalue weighted by molar-refractivity contribution is 9.10. The zero-order valence-electron chi connectivity index (χ0n) is 15.1. The summed E-state index contributed by atoms with van der Waals surface area (Å²) in [5, 5.41) is 13.8. The Balaban J connectivity index is 2.12. The molecule has 1 aromatic heterocycles. The van der Waals surface area contributed by atoms with Gasteiger partial charge in [0.1, 0.15) is 11.9 Å². The van der Waals surface area contributed by atoms with Crippen LogP contribution in [0.3, 0.4) is 0 Å². The minimum Gasteiger partial charge on any atom is -0.322 e. The highest BCUT2D eigenvalue weighted by Crippen LogP contribution is 2.35. The van der Waals surface area contributed by atoms with Gasteiger partial charge >= 0.3 is 0 Å². The van der Waals surface area contributed by atoms with E-state index in [4.69, 9.17) is 11.7 Å². The van der Waals surface area contributed by atoms with Crippen molar-refractivity contribution in [3.05, 3.63) is 75.0 Å². The average molecular weight is 469 g/mol. The van der Waals surface area contributed by atoms with Gasteiger partial charge in [0.25, 0.3) is 5.56 Å². The van der Waals surface area contributed by atoms with Crippen LogP contribution < -0.4 is 22.7 Å². The van der Waals surface area contributed by atoms with Crippen molar-refractivity contribution in [3.63, 3.8) is 0 Å². The molecule has 0 unspecified atom stereocenters. The number of hydrazine groups is 1. The molecule has 3 aromatic rings. The van der Waals surface area contributed by atoms with E-state index < -0.39 is 0 Å². The number of benzene rings is 2. The topological polar surface area (TPSA) is 133 Å². The first-order chi connectivity index (χ1) is 14.1. The summed E-state index contributed by atoms with van der Waals surface area (Å²) in [6.07, 6.45) is 0. The molecule has 0 radical (unpaired) electrons. The molecule has 0 saturated carbocycles. The van der Waals surface area contributed by atoms with Crippen molar-refractivity contribution < 1.29 is 0 Å². The number of thioether (sulfide) groups is 1. The summed E-state index contributed by atoms with van der Waals surface area (Å²) in [5.74, 6) is 11.2. The van der Waals surface area contributed by atoms with Crippen molar-refractivity contribution in [2.45, 2.75) is 5.03 Å². The zero-order valence-corrected chi connectivity index (χ0v) is 17.5. The Kier molecular flexibility index (Phi) is 6.72. The van der Waals surface area contributed by atoms with Crippen LogP contribution in [0.2, 0.25) is 0 Å². The molecule has 2 aromatic carbocycles. The smallest absolute Gasteiger partial charge is 0.263 e. The van der Waals surface area contributed by atoms with E-state index in [2.05, 4.69) is 37.5 Å². The molecule has 0 fully saturated rings. The molecular formula is C20H17BrN6OS. The molecule has 6 N–H and O–H groups in total. The molecule has 0 atom stereocenters. The quantitative estimate of drug-likeness (QED) is 0.149. The number of H-pyrrole nitrogens is 1. The highest BCUT2D eigenvalue weighted by atomic mass is 79.9. The summed E-state index contributed by atoms with van der Waals surface area (Å²) in [6.45, 7) is 0. The lowest BCUT2D eigenvalue weighted by Gasteiger charge is -2.13. The van der Waals surface area contributed by atoms with Crippen molar-refractivity contribution in [1.29, 1.82) is 5.26 Å². The minimum absolute atomic E-state index is 0.267. The number of aromatic nitrogens is 1. The van der Waals surface area contributed by atoms with Gasteiger partial charge in [0.15, 0.2) is 0 Å². The average Bonchev–Trinajstić information content (AvgIpc) is 2.77. The molecule has 1 heterocycles. The molecule has 0 spiro atoms. The number of nitrogens with two attached hydrogens (primary N) is 2. The third-order valence-corrected chi connectivity index (χ3v) is 5.94. The van der Waals surface area contributed by atoms with E-state index >= 15 is 0 Å². The monoisotopic (exact) mass is 468 g/mol. The second-order valence-electron chi connectivity index (χ2n) is 5.91. The first kappa shape index (κ1) is 20.7. The van der Waals surface area contributed by atoms with Crippen LogP contribution in [0.25, 0.3) is 22.3 Å². The Morgan fingerprint density at radius 3 is 2.52 bits per heavy atom. The van der Waals surface area contributed by atoms with Crippen LogP contribution in [0.1, 0.15) is 5.56 Å².